The summed E-state index contributed by atoms with van der Waals surface area (Å²) in [6.07, 6.45) is 2.48. The SMILES string of the molecule is CCC(C)CCC(=O)C(C)(C)O. The molecule has 0 aromatic heterocycles. The number of rotatable bonds is 5. The van der Waals surface area contributed by atoms with Crippen LogP contribution in [0.2, 0.25) is 0 Å². The standard InChI is InChI=1S/C10H20O2/c1-5-8(2)6-7-9(11)10(3,4)12/h8,12H,5-7H2,1-4H3. The lowest BCUT2D eigenvalue weighted by molar-refractivity contribution is -0.134. The van der Waals surface area contributed by atoms with E-state index in [9.17, 15) is 9.90 Å². The molecule has 1 atom stereocenters. The van der Waals surface area contributed by atoms with Crippen molar-refractivity contribution in [1.29, 1.82) is 0 Å². The van der Waals surface area contributed by atoms with Gasteiger partial charge in [-0.25, -0.2) is 0 Å². The Balaban J connectivity index is 3.73. The van der Waals surface area contributed by atoms with Crippen molar-refractivity contribution in [3.05, 3.63) is 0 Å². The smallest absolute Gasteiger partial charge is 0.163 e. The highest BCUT2D eigenvalue weighted by Crippen LogP contribution is 2.14. The van der Waals surface area contributed by atoms with E-state index >= 15 is 0 Å². The van der Waals surface area contributed by atoms with Gasteiger partial charge in [0.2, 0.25) is 0 Å². The van der Waals surface area contributed by atoms with Crippen LogP contribution >= 0.6 is 0 Å². The molecule has 0 aromatic carbocycles. The second kappa shape index (κ2) is 4.61. The van der Waals surface area contributed by atoms with E-state index in [1.165, 1.54) is 0 Å². The van der Waals surface area contributed by atoms with E-state index in [1.54, 1.807) is 13.8 Å². The summed E-state index contributed by atoms with van der Waals surface area (Å²) in [5.74, 6) is 0.527. The minimum Gasteiger partial charge on any atom is -0.383 e. The summed E-state index contributed by atoms with van der Waals surface area (Å²) in [5, 5.41) is 9.32. The van der Waals surface area contributed by atoms with Gasteiger partial charge in [-0.05, 0) is 26.2 Å². The third-order valence-corrected chi connectivity index (χ3v) is 2.24. The minimum atomic E-state index is -1.15. The maximum atomic E-state index is 11.2. The van der Waals surface area contributed by atoms with E-state index in [0.717, 1.165) is 12.8 Å². The van der Waals surface area contributed by atoms with Crippen molar-refractivity contribution < 1.29 is 9.90 Å². The number of hydrogen-bond donors (Lipinski definition) is 1. The van der Waals surface area contributed by atoms with Gasteiger partial charge in [-0.3, -0.25) is 4.79 Å². The number of carbonyl (C=O) groups is 1. The van der Waals surface area contributed by atoms with E-state index in [0.29, 0.717) is 12.3 Å². The molecule has 0 saturated carbocycles. The van der Waals surface area contributed by atoms with Crippen LogP contribution in [0, 0.1) is 5.92 Å². The molecule has 1 unspecified atom stereocenters. The Hall–Kier alpha value is -0.370. The molecule has 2 heteroatoms. The molecule has 2 nitrogen and oxygen atoms in total. The van der Waals surface area contributed by atoms with Crippen molar-refractivity contribution in [2.45, 2.75) is 52.6 Å². The van der Waals surface area contributed by atoms with Crippen molar-refractivity contribution in [1.82, 2.24) is 0 Å². The third kappa shape index (κ3) is 4.50. The summed E-state index contributed by atoms with van der Waals surface area (Å²) in [6.45, 7) is 7.33. The van der Waals surface area contributed by atoms with Crippen molar-refractivity contribution in [2.24, 2.45) is 5.92 Å². The number of carbonyl (C=O) groups excluding carboxylic acids is 1. The largest absolute Gasteiger partial charge is 0.383 e. The minimum absolute atomic E-state index is 0.0530. The summed E-state index contributed by atoms with van der Waals surface area (Å²) >= 11 is 0. The highest BCUT2D eigenvalue weighted by atomic mass is 16.3. The predicted molar refractivity (Wildman–Crippen MR) is 50.0 cm³/mol. The van der Waals surface area contributed by atoms with Gasteiger partial charge >= 0.3 is 0 Å². The molecule has 0 aliphatic carbocycles. The van der Waals surface area contributed by atoms with Crippen LogP contribution in [0.4, 0.5) is 0 Å². The Labute approximate surface area is 75.0 Å². The molecular weight excluding hydrogens is 152 g/mol. The maximum Gasteiger partial charge on any atom is 0.163 e. The van der Waals surface area contributed by atoms with E-state index in [4.69, 9.17) is 0 Å². The van der Waals surface area contributed by atoms with Crippen LogP contribution in [-0.4, -0.2) is 16.5 Å². The topological polar surface area (TPSA) is 37.3 Å². The van der Waals surface area contributed by atoms with Gasteiger partial charge in [0.15, 0.2) is 5.78 Å². The second-order valence-electron chi connectivity index (χ2n) is 4.03. The molecule has 0 saturated heterocycles. The van der Waals surface area contributed by atoms with Gasteiger partial charge in [0, 0.05) is 6.42 Å². The molecule has 0 fully saturated rings. The summed E-state index contributed by atoms with van der Waals surface area (Å²) in [5.41, 5.74) is -1.15. The first-order valence-electron chi connectivity index (χ1n) is 4.63. The fraction of sp³-hybridized carbons (Fsp3) is 0.900. The molecule has 72 valence electrons. The molecule has 0 aliphatic rings. The fourth-order valence-corrected chi connectivity index (χ4v) is 0.888. The molecule has 0 amide bonds. The molecule has 0 radical (unpaired) electrons. The summed E-state index contributed by atoms with van der Waals surface area (Å²) in [4.78, 5) is 11.2. The number of aliphatic hydroxyl groups is 1. The van der Waals surface area contributed by atoms with Crippen LogP contribution in [0.5, 0.6) is 0 Å². The molecular formula is C10H20O2. The Kier molecular flexibility index (Phi) is 4.46. The molecule has 0 bridgehead atoms. The molecule has 12 heavy (non-hydrogen) atoms. The average Bonchev–Trinajstić information content (AvgIpc) is 1.97. The zero-order valence-corrected chi connectivity index (χ0v) is 8.55. The van der Waals surface area contributed by atoms with Crippen molar-refractivity contribution in [3.8, 4) is 0 Å². The normalized spacial score (nSPS) is 14.4. The van der Waals surface area contributed by atoms with E-state index in [2.05, 4.69) is 13.8 Å². The maximum absolute atomic E-state index is 11.2. The summed E-state index contributed by atoms with van der Waals surface area (Å²) in [7, 11) is 0. The number of hydrogen-bond acceptors (Lipinski definition) is 2. The van der Waals surface area contributed by atoms with Crippen LogP contribution in [0.15, 0.2) is 0 Å². The Morgan fingerprint density at radius 3 is 2.33 bits per heavy atom. The van der Waals surface area contributed by atoms with Crippen LogP contribution in [0.3, 0.4) is 0 Å². The fourth-order valence-electron chi connectivity index (χ4n) is 0.888. The number of ketones is 1. The molecule has 0 rings (SSSR count). The van der Waals surface area contributed by atoms with Gasteiger partial charge in [-0.15, -0.1) is 0 Å². The molecule has 0 aromatic rings. The summed E-state index contributed by atoms with van der Waals surface area (Å²) < 4.78 is 0. The highest BCUT2D eigenvalue weighted by molar-refractivity contribution is 5.86. The van der Waals surface area contributed by atoms with Gasteiger partial charge in [-0.2, -0.15) is 0 Å². The Morgan fingerprint density at radius 2 is 2.00 bits per heavy atom. The third-order valence-electron chi connectivity index (χ3n) is 2.24. The molecule has 0 spiro atoms. The van der Waals surface area contributed by atoms with Gasteiger partial charge in [0.1, 0.15) is 5.60 Å². The molecule has 0 aliphatic heterocycles. The van der Waals surface area contributed by atoms with Crippen molar-refractivity contribution >= 4 is 5.78 Å². The number of Topliss-reactive ketones (excluding diaryl/α,β-unsaturated/α-hetero) is 1. The van der Waals surface area contributed by atoms with E-state index in [1.807, 2.05) is 0 Å². The summed E-state index contributed by atoms with van der Waals surface area (Å²) in [6, 6.07) is 0. The first-order valence-corrected chi connectivity index (χ1v) is 4.63. The predicted octanol–water partition coefficient (Wildman–Crippen LogP) is 2.15. The Bertz CT molecular complexity index is 144. The van der Waals surface area contributed by atoms with Gasteiger partial charge in [-0.1, -0.05) is 20.3 Å². The zero-order valence-electron chi connectivity index (χ0n) is 8.55. The van der Waals surface area contributed by atoms with E-state index in [-0.39, 0.29) is 5.78 Å². The van der Waals surface area contributed by atoms with Gasteiger partial charge < -0.3 is 5.11 Å². The first-order chi connectivity index (χ1) is 5.38. The van der Waals surface area contributed by atoms with E-state index < -0.39 is 5.60 Å². The van der Waals surface area contributed by atoms with Gasteiger partial charge in [0.25, 0.3) is 0 Å². The van der Waals surface area contributed by atoms with Crippen LogP contribution < -0.4 is 0 Å². The zero-order chi connectivity index (χ0) is 9.78. The van der Waals surface area contributed by atoms with Crippen LogP contribution in [0.1, 0.15) is 47.0 Å². The van der Waals surface area contributed by atoms with Crippen LogP contribution in [0.25, 0.3) is 0 Å². The molecule has 0 heterocycles. The second-order valence-corrected chi connectivity index (χ2v) is 4.03. The quantitative estimate of drug-likeness (QED) is 0.690. The van der Waals surface area contributed by atoms with Gasteiger partial charge in [0.05, 0.1) is 0 Å². The van der Waals surface area contributed by atoms with Crippen molar-refractivity contribution in [3.63, 3.8) is 0 Å². The Morgan fingerprint density at radius 1 is 1.50 bits per heavy atom. The first kappa shape index (κ1) is 11.6. The average molecular weight is 172 g/mol. The molecule has 1 N–H and O–H groups in total. The van der Waals surface area contributed by atoms with Crippen molar-refractivity contribution in [2.75, 3.05) is 0 Å². The monoisotopic (exact) mass is 172 g/mol. The lowest BCUT2D eigenvalue weighted by atomic mass is 9.94. The highest BCUT2D eigenvalue weighted by Gasteiger charge is 2.22. The van der Waals surface area contributed by atoms with Crippen LogP contribution in [-0.2, 0) is 4.79 Å². The lowest BCUT2D eigenvalue weighted by Gasteiger charge is -2.16. The lowest BCUT2D eigenvalue weighted by Crippen LogP contribution is -2.31.